The van der Waals surface area contributed by atoms with Crippen molar-refractivity contribution in [1.29, 1.82) is 0 Å². The minimum atomic E-state index is -4.36. The number of aryl methyl sites for hydroxylation is 11. The number of halogens is 3. The van der Waals surface area contributed by atoms with E-state index in [0.29, 0.717) is 11.7 Å². The van der Waals surface area contributed by atoms with E-state index in [0.717, 1.165) is 51.7 Å². The van der Waals surface area contributed by atoms with Gasteiger partial charge in [0.1, 0.15) is 11.5 Å². The molecule has 0 amide bonds. The van der Waals surface area contributed by atoms with Gasteiger partial charge in [0, 0.05) is 115 Å². The highest BCUT2D eigenvalue weighted by Crippen LogP contribution is 2.32. The normalized spacial score (nSPS) is 12.0. The number of nitrogens with zero attached hydrogens (tertiary/aromatic N) is 13. The Morgan fingerprint density at radius 3 is 0.939 bits per heavy atom. The maximum absolute atomic E-state index is 12.3. The van der Waals surface area contributed by atoms with Crippen LogP contribution in [0, 0.1) is 62.3 Å². The molecule has 0 atom stereocenters. The maximum atomic E-state index is 12.3. The number of rotatable bonds is 1. The molecule has 10 aromatic rings. The molecule has 1 aromatic carbocycles. The van der Waals surface area contributed by atoms with Gasteiger partial charge >= 0.3 is 6.18 Å². The minimum absolute atomic E-state index is 0.160. The summed E-state index contributed by atoms with van der Waals surface area (Å²) in [5, 5.41) is 13.1. The first-order valence-corrected chi connectivity index (χ1v) is 40.6. The minimum Gasteiger partial charge on any atom is -0.275 e. The first-order chi connectivity index (χ1) is 51.8. The van der Waals surface area contributed by atoms with E-state index in [1.54, 1.807) is 6.07 Å². The molecule has 9 heterocycles. The number of benzene rings is 1. The summed E-state index contributed by atoms with van der Waals surface area (Å²) in [5.41, 5.74) is 22.3. The highest BCUT2D eigenvalue weighted by atomic mass is 19.4. The molecule has 0 spiro atoms. The number of pyridine rings is 5. The molecule has 0 unspecified atom stereocenters. The topological polar surface area (TPSA) is 144 Å². The molecule has 10 rings (SSSR count). The Hall–Kier alpha value is -8.53. The van der Waals surface area contributed by atoms with E-state index in [1.807, 2.05) is 128 Å². The van der Waals surface area contributed by atoms with Gasteiger partial charge in [0.2, 0.25) is 0 Å². The molecular formula is C99H154F3N13. The van der Waals surface area contributed by atoms with Crippen LogP contribution in [-0.2, 0) is 74.4 Å². The van der Waals surface area contributed by atoms with Crippen molar-refractivity contribution in [3.05, 3.63) is 259 Å². The van der Waals surface area contributed by atoms with Crippen molar-refractivity contribution < 1.29 is 13.2 Å². The van der Waals surface area contributed by atoms with E-state index in [2.05, 4.69) is 363 Å². The lowest BCUT2D eigenvalue weighted by atomic mass is 9.86. The van der Waals surface area contributed by atoms with Crippen LogP contribution in [0.5, 0.6) is 0 Å². The predicted octanol–water partition coefficient (Wildman–Crippen LogP) is 26.6. The van der Waals surface area contributed by atoms with Crippen LogP contribution in [0.3, 0.4) is 0 Å². The standard InChI is InChI=1S/C11H20N2.C11H16.C10H12F3N.4C10H15N.C9H16N2.C9H14N2.C9H16N2/c1-8(2)13-7-10(9(3)12-13)11(4,5)6;1-9-6-5-7-10(8-9)11(2,3)4;1-9(2,3)7-5-4-6-8(14-7)10(11,12)13;3*1-8-7-9(5-6-11-8)10(2,3)4;1-8-5-6-9(7-11-8)10(2,3)4;1-7-8(9(2,3)4)6-11(5)10-7;1-7-10-5-8(6-11-7)9(2,3)4;1-7-6-8(9(2,3)4)11(5)10-7/h7-8H,1-6H3;5-8H,1-4H3;4-6H,1-3H3;4*5-7H,1-4H3;6H,1-5H3;5-6H,1-4H3;6H,1-5H3. The number of hydrogen-bond acceptors (Lipinski definition) is 10. The molecule has 13 nitrogen and oxygen atoms in total. The van der Waals surface area contributed by atoms with Crippen molar-refractivity contribution in [2.24, 2.45) is 14.1 Å². The lowest BCUT2D eigenvalue weighted by molar-refractivity contribution is -0.141. The van der Waals surface area contributed by atoms with Crippen molar-refractivity contribution in [1.82, 2.24) is 64.2 Å². The van der Waals surface area contributed by atoms with Crippen LogP contribution in [0.15, 0.2) is 147 Å². The molecule has 0 fully saturated rings. The Balaban J connectivity index is 0.000000640. The van der Waals surface area contributed by atoms with Gasteiger partial charge in [-0.3, -0.25) is 34.0 Å². The summed E-state index contributed by atoms with van der Waals surface area (Å²) in [6.45, 7) is 87.6. The summed E-state index contributed by atoms with van der Waals surface area (Å²) in [6, 6.07) is 32.1. The van der Waals surface area contributed by atoms with Gasteiger partial charge in [0.05, 0.1) is 17.1 Å². The summed E-state index contributed by atoms with van der Waals surface area (Å²) in [4.78, 5) is 28.6. The van der Waals surface area contributed by atoms with Crippen LogP contribution < -0.4 is 0 Å². The maximum Gasteiger partial charge on any atom is 0.433 e. The van der Waals surface area contributed by atoms with Gasteiger partial charge in [-0.05, 0) is 225 Å². The van der Waals surface area contributed by atoms with Crippen LogP contribution in [0.1, 0.15) is 340 Å². The highest BCUT2D eigenvalue weighted by Gasteiger charge is 2.33. The van der Waals surface area contributed by atoms with Crippen LogP contribution in [0.4, 0.5) is 13.2 Å². The van der Waals surface area contributed by atoms with E-state index in [9.17, 15) is 13.2 Å². The Bertz CT molecular complexity index is 4110. The molecule has 16 heteroatoms. The van der Waals surface area contributed by atoms with E-state index in [1.165, 1.54) is 61.8 Å². The zero-order valence-electron chi connectivity index (χ0n) is 79.9. The van der Waals surface area contributed by atoms with E-state index >= 15 is 0 Å². The zero-order chi connectivity index (χ0) is 89.4. The molecule has 0 radical (unpaired) electrons. The van der Waals surface area contributed by atoms with Crippen LogP contribution in [0.25, 0.3) is 0 Å². The Morgan fingerprint density at radius 1 is 0.313 bits per heavy atom. The fourth-order valence-electron chi connectivity index (χ4n) is 11.0. The van der Waals surface area contributed by atoms with Crippen molar-refractivity contribution in [2.45, 2.75) is 350 Å². The van der Waals surface area contributed by atoms with Crippen LogP contribution in [0.2, 0.25) is 0 Å². The molecule has 636 valence electrons. The average molecular weight is 1580 g/mol. The fourth-order valence-corrected chi connectivity index (χ4v) is 11.0. The third-order valence-electron chi connectivity index (χ3n) is 18.3. The second-order valence-corrected chi connectivity index (χ2v) is 40.8. The van der Waals surface area contributed by atoms with E-state index < -0.39 is 11.9 Å². The van der Waals surface area contributed by atoms with Crippen LogP contribution in [-0.4, -0.2) is 64.2 Å². The fraction of sp³-hybridized carbons (Fsp3) is 0.556. The van der Waals surface area contributed by atoms with Crippen molar-refractivity contribution >= 4 is 0 Å². The first-order valence-electron chi connectivity index (χ1n) is 40.6. The smallest absolute Gasteiger partial charge is 0.275 e. The lowest BCUT2D eigenvalue weighted by Gasteiger charge is -2.19. The summed E-state index contributed by atoms with van der Waals surface area (Å²) >= 11 is 0. The van der Waals surface area contributed by atoms with Gasteiger partial charge in [-0.15, -0.1) is 0 Å². The third kappa shape index (κ3) is 40.3. The monoisotopic (exact) mass is 1580 g/mol. The zero-order valence-corrected chi connectivity index (χ0v) is 79.9. The molecule has 0 saturated heterocycles. The second kappa shape index (κ2) is 43.1. The van der Waals surface area contributed by atoms with Gasteiger partial charge in [-0.1, -0.05) is 250 Å². The van der Waals surface area contributed by atoms with E-state index in [4.69, 9.17) is 0 Å². The summed E-state index contributed by atoms with van der Waals surface area (Å²) in [5.74, 6) is 0.831. The summed E-state index contributed by atoms with van der Waals surface area (Å²) < 4.78 is 42.7. The lowest BCUT2D eigenvalue weighted by Crippen LogP contribution is -2.17. The SMILES string of the molecule is CC(C)(C)c1cccc(C(F)(F)F)n1.Cc1cc(C(C)(C)C)ccn1.Cc1cc(C(C)(C)C)ccn1.Cc1cc(C(C)(C)C)ccn1.Cc1cc(C(C)(C)C)n(C)n1.Cc1ccc(C(C)(C)C)cn1.Cc1cccc(C(C)(C)C)c1.Cc1ncc(C(C)(C)C)cn1.Cc1nn(C(C)C)cc1C(C)(C)C.Cc1nn(C)cc1C(C)(C)C. The van der Waals surface area contributed by atoms with Gasteiger partial charge in [-0.25, -0.2) is 15.0 Å². The highest BCUT2D eigenvalue weighted by molar-refractivity contribution is 5.30. The third-order valence-corrected chi connectivity index (χ3v) is 18.3. The molecule has 0 saturated carbocycles. The Morgan fingerprint density at radius 2 is 0.687 bits per heavy atom. The quantitative estimate of drug-likeness (QED) is 0.156. The molecule has 9 aromatic heterocycles. The molecule has 0 aliphatic carbocycles. The Kier molecular flexibility index (Phi) is 39.1. The molecule has 0 bridgehead atoms. The van der Waals surface area contributed by atoms with Gasteiger partial charge in [0.15, 0.2) is 0 Å². The van der Waals surface area contributed by atoms with Crippen molar-refractivity contribution in [3.8, 4) is 0 Å². The molecule has 0 aliphatic heterocycles. The van der Waals surface area contributed by atoms with Gasteiger partial charge in [-0.2, -0.15) is 28.5 Å². The molecule has 115 heavy (non-hydrogen) atoms. The molecular weight excluding hydrogens is 1430 g/mol. The van der Waals surface area contributed by atoms with Crippen molar-refractivity contribution in [2.75, 3.05) is 0 Å². The Labute approximate surface area is 697 Å². The number of alkyl halides is 3. The van der Waals surface area contributed by atoms with Crippen LogP contribution >= 0.6 is 0 Å². The summed E-state index contributed by atoms with van der Waals surface area (Å²) in [7, 11) is 3.95. The summed E-state index contributed by atoms with van der Waals surface area (Å²) in [6.07, 6.45) is 11.2. The van der Waals surface area contributed by atoms with Crippen molar-refractivity contribution in [3.63, 3.8) is 0 Å². The number of aromatic nitrogens is 13. The number of hydrogen-bond donors (Lipinski definition) is 0. The second-order valence-electron chi connectivity index (χ2n) is 40.8. The van der Waals surface area contributed by atoms with Gasteiger partial charge in [0.25, 0.3) is 0 Å². The molecule has 0 aliphatic rings. The largest absolute Gasteiger partial charge is 0.433 e. The average Bonchev–Trinajstić information content (AvgIpc) is 1.81. The molecule has 0 N–H and O–H groups in total. The van der Waals surface area contributed by atoms with Gasteiger partial charge < -0.3 is 0 Å². The van der Waals surface area contributed by atoms with E-state index in [-0.39, 0.29) is 54.1 Å². The first kappa shape index (κ1) is 104. The predicted molar refractivity (Wildman–Crippen MR) is 483 cm³/mol.